The number of benzene rings is 2. The average molecular weight is 420 g/mol. The predicted molar refractivity (Wildman–Crippen MR) is 113 cm³/mol. The molecule has 1 aliphatic heterocycles. The van der Waals surface area contributed by atoms with Crippen LogP contribution in [0.15, 0.2) is 63.3 Å². The Labute approximate surface area is 175 Å². The molecule has 1 unspecified atom stereocenters. The van der Waals surface area contributed by atoms with E-state index in [1.54, 1.807) is 49.0 Å². The van der Waals surface area contributed by atoms with E-state index in [-0.39, 0.29) is 11.2 Å². The molecule has 0 fully saturated rings. The highest BCUT2D eigenvalue weighted by Gasteiger charge is 2.44. The Hall–Kier alpha value is -3.65. The van der Waals surface area contributed by atoms with Crippen molar-refractivity contribution >= 4 is 33.3 Å². The van der Waals surface area contributed by atoms with E-state index in [0.717, 1.165) is 5.56 Å². The molecule has 2 aromatic heterocycles. The van der Waals surface area contributed by atoms with Gasteiger partial charge in [-0.15, -0.1) is 11.3 Å². The molecule has 0 saturated heterocycles. The van der Waals surface area contributed by atoms with Gasteiger partial charge in [-0.1, -0.05) is 12.1 Å². The highest BCUT2D eigenvalue weighted by atomic mass is 32.1. The van der Waals surface area contributed by atoms with Crippen molar-refractivity contribution in [2.75, 3.05) is 19.1 Å². The number of rotatable bonds is 4. The molecule has 0 bridgehead atoms. The molecule has 0 aliphatic carbocycles. The van der Waals surface area contributed by atoms with Crippen LogP contribution in [-0.4, -0.2) is 25.1 Å². The molecule has 1 amide bonds. The summed E-state index contributed by atoms with van der Waals surface area (Å²) in [4.78, 5) is 32.6. The van der Waals surface area contributed by atoms with Gasteiger partial charge >= 0.3 is 0 Å². The number of nitrogens with zero attached hydrogens (tertiary/aromatic N) is 2. The monoisotopic (exact) mass is 420 g/mol. The molecule has 8 heteroatoms. The van der Waals surface area contributed by atoms with Gasteiger partial charge in [0.1, 0.15) is 17.1 Å². The lowest BCUT2D eigenvalue weighted by atomic mass is 9.98. The summed E-state index contributed by atoms with van der Waals surface area (Å²) in [7, 11) is 3.11. The van der Waals surface area contributed by atoms with Crippen LogP contribution in [0.3, 0.4) is 0 Å². The van der Waals surface area contributed by atoms with Gasteiger partial charge < -0.3 is 13.9 Å². The van der Waals surface area contributed by atoms with Crippen molar-refractivity contribution in [1.82, 2.24) is 4.98 Å². The van der Waals surface area contributed by atoms with E-state index < -0.39 is 11.9 Å². The maximum atomic E-state index is 13.5. The van der Waals surface area contributed by atoms with Gasteiger partial charge in [-0.05, 0) is 29.8 Å². The molecule has 0 saturated carbocycles. The standard InChI is InChI=1S/C22H16N2O5S/c1-27-13-5-3-12(4-6-13)18-17-19(25)15-8-7-14(28-2)11-16(15)29-20(17)21(26)24(18)22-23-9-10-30-22/h3-11,18H,1-2H3. The van der Waals surface area contributed by atoms with E-state index in [2.05, 4.69) is 4.98 Å². The first-order chi connectivity index (χ1) is 14.6. The number of hydrogen-bond donors (Lipinski definition) is 0. The third-order valence-electron chi connectivity index (χ3n) is 5.14. The summed E-state index contributed by atoms with van der Waals surface area (Å²) in [5, 5.41) is 2.67. The van der Waals surface area contributed by atoms with Gasteiger partial charge in [-0.2, -0.15) is 0 Å². The fourth-order valence-corrected chi connectivity index (χ4v) is 4.38. The van der Waals surface area contributed by atoms with E-state index in [9.17, 15) is 9.59 Å². The number of carbonyl (C=O) groups excluding carboxylic acids is 1. The molecular weight excluding hydrogens is 404 g/mol. The Bertz CT molecular complexity index is 1310. The number of hydrogen-bond acceptors (Lipinski definition) is 7. The van der Waals surface area contributed by atoms with Gasteiger partial charge in [0.2, 0.25) is 5.76 Å². The van der Waals surface area contributed by atoms with E-state index in [1.165, 1.54) is 23.3 Å². The fraction of sp³-hybridized carbons (Fsp3) is 0.136. The molecule has 4 aromatic rings. The summed E-state index contributed by atoms with van der Waals surface area (Å²) in [5.74, 6) is 0.848. The zero-order valence-corrected chi connectivity index (χ0v) is 16.9. The van der Waals surface area contributed by atoms with E-state index in [1.807, 2.05) is 12.1 Å². The lowest BCUT2D eigenvalue weighted by molar-refractivity contribution is 0.0971. The van der Waals surface area contributed by atoms with Crippen molar-refractivity contribution < 1.29 is 18.7 Å². The van der Waals surface area contributed by atoms with Crippen LogP contribution in [0.1, 0.15) is 27.7 Å². The van der Waals surface area contributed by atoms with Crippen LogP contribution in [0.5, 0.6) is 11.5 Å². The number of aromatic nitrogens is 1. The summed E-state index contributed by atoms with van der Waals surface area (Å²) in [6, 6.07) is 11.6. The van der Waals surface area contributed by atoms with E-state index in [0.29, 0.717) is 33.2 Å². The van der Waals surface area contributed by atoms with Gasteiger partial charge in [0, 0.05) is 17.6 Å². The van der Waals surface area contributed by atoms with Crippen LogP contribution in [0.4, 0.5) is 5.13 Å². The van der Waals surface area contributed by atoms with E-state index >= 15 is 0 Å². The number of amides is 1. The lowest BCUT2D eigenvalue weighted by Crippen LogP contribution is -2.29. The number of carbonyl (C=O) groups is 1. The average Bonchev–Trinajstić information content (AvgIpc) is 3.40. The first-order valence-corrected chi connectivity index (χ1v) is 10.0. The molecule has 0 spiro atoms. The maximum Gasteiger partial charge on any atom is 0.297 e. The van der Waals surface area contributed by atoms with Crippen molar-refractivity contribution in [3.63, 3.8) is 0 Å². The van der Waals surface area contributed by atoms with Crippen molar-refractivity contribution in [2.45, 2.75) is 6.04 Å². The van der Waals surface area contributed by atoms with Gasteiger partial charge in [0.05, 0.1) is 31.2 Å². The number of ether oxygens (including phenoxy) is 2. The molecule has 150 valence electrons. The molecule has 1 aliphatic rings. The van der Waals surface area contributed by atoms with Crippen molar-refractivity contribution in [3.05, 3.63) is 81.2 Å². The minimum atomic E-state index is -0.646. The second-order valence-corrected chi connectivity index (χ2v) is 7.57. The van der Waals surface area contributed by atoms with Gasteiger partial charge in [-0.25, -0.2) is 4.98 Å². The summed E-state index contributed by atoms with van der Waals surface area (Å²) in [5.41, 5.74) is 1.12. The van der Waals surface area contributed by atoms with E-state index in [4.69, 9.17) is 13.9 Å². The quantitative estimate of drug-likeness (QED) is 0.496. The minimum Gasteiger partial charge on any atom is -0.497 e. The number of methoxy groups -OCH3 is 2. The van der Waals surface area contributed by atoms with Crippen LogP contribution in [-0.2, 0) is 0 Å². The number of fused-ring (bicyclic) bond motifs is 2. The van der Waals surface area contributed by atoms with Crippen molar-refractivity contribution in [3.8, 4) is 11.5 Å². The molecule has 0 N–H and O–H groups in total. The third-order valence-corrected chi connectivity index (χ3v) is 5.91. The molecule has 3 heterocycles. The second-order valence-electron chi connectivity index (χ2n) is 6.70. The SMILES string of the molecule is COc1ccc(C2c3c(oc4cc(OC)ccc4c3=O)C(=O)N2c2nccs2)cc1. The van der Waals surface area contributed by atoms with Crippen LogP contribution in [0.2, 0.25) is 0 Å². The topological polar surface area (TPSA) is 81.9 Å². The predicted octanol–water partition coefficient (Wildman–Crippen LogP) is 4.02. The van der Waals surface area contributed by atoms with Crippen molar-refractivity contribution in [2.24, 2.45) is 0 Å². The second kappa shape index (κ2) is 7.00. The van der Waals surface area contributed by atoms with Gasteiger partial charge in [-0.3, -0.25) is 14.5 Å². The molecule has 2 aromatic carbocycles. The molecule has 1 atom stereocenters. The van der Waals surface area contributed by atoms with Crippen LogP contribution < -0.4 is 19.8 Å². The zero-order chi connectivity index (χ0) is 20.8. The Balaban J connectivity index is 1.78. The summed E-state index contributed by atoms with van der Waals surface area (Å²) in [6.45, 7) is 0. The van der Waals surface area contributed by atoms with Gasteiger partial charge in [0.25, 0.3) is 5.91 Å². The normalized spacial score (nSPS) is 15.5. The van der Waals surface area contributed by atoms with Crippen LogP contribution in [0, 0.1) is 0 Å². The largest absolute Gasteiger partial charge is 0.497 e. The summed E-state index contributed by atoms with van der Waals surface area (Å²) >= 11 is 1.32. The molecular formula is C22H16N2O5S. The molecule has 0 radical (unpaired) electrons. The highest BCUT2D eigenvalue weighted by molar-refractivity contribution is 7.13. The molecule has 7 nitrogen and oxygen atoms in total. The molecule has 5 rings (SSSR count). The molecule has 30 heavy (non-hydrogen) atoms. The first kappa shape index (κ1) is 18.4. The van der Waals surface area contributed by atoms with Crippen LogP contribution in [0.25, 0.3) is 11.0 Å². The van der Waals surface area contributed by atoms with Crippen LogP contribution >= 0.6 is 11.3 Å². The maximum absolute atomic E-state index is 13.5. The minimum absolute atomic E-state index is 0.0248. The Morgan fingerprint density at radius 3 is 2.43 bits per heavy atom. The third kappa shape index (κ3) is 2.68. The van der Waals surface area contributed by atoms with Crippen molar-refractivity contribution in [1.29, 1.82) is 0 Å². The Morgan fingerprint density at radius 2 is 1.77 bits per heavy atom. The number of anilines is 1. The Kier molecular flexibility index (Phi) is 4.29. The highest BCUT2D eigenvalue weighted by Crippen LogP contribution is 2.42. The zero-order valence-electron chi connectivity index (χ0n) is 16.1. The summed E-state index contributed by atoms with van der Waals surface area (Å²) < 4.78 is 16.4. The first-order valence-electron chi connectivity index (χ1n) is 9.14. The van der Waals surface area contributed by atoms with Gasteiger partial charge in [0.15, 0.2) is 10.6 Å². The number of thiazole rings is 1. The lowest BCUT2D eigenvalue weighted by Gasteiger charge is -2.22. The smallest absolute Gasteiger partial charge is 0.297 e. The Morgan fingerprint density at radius 1 is 1.03 bits per heavy atom. The fourth-order valence-electron chi connectivity index (χ4n) is 3.71. The summed E-state index contributed by atoms with van der Waals surface area (Å²) in [6.07, 6.45) is 1.62.